The number of hydrogen-bond donors (Lipinski definition) is 1. The molecule has 1 aliphatic carbocycles. The molecule has 1 saturated heterocycles. The zero-order chi connectivity index (χ0) is 15.5. The van der Waals surface area contributed by atoms with E-state index in [0.717, 1.165) is 38.5 Å². The maximum Gasteiger partial charge on any atom is 0.0670 e. The molecule has 2 unspecified atom stereocenters. The van der Waals surface area contributed by atoms with Crippen molar-refractivity contribution < 1.29 is 4.74 Å². The smallest absolute Gasteiger partial charge is 0.0670 e. The molecule has 1 heterocycles. The van der Waals surface area contributed by atoms with Crippen LogP contribution in [-0.2, 0) is 4.74 Å². The van der Waals surface area contributed by atoms with Gasteiger partial charge in [0.05, 0.1) is 5.60 Å². The Hall–Kier alpha value is -0.120. The molecule has 0 aromatic rings. The standard InChI is InChI=1S/C18H36N2O/c1-5-17(4)13-18(14-19,10-11-21-17)20(12-15(2)3)16-8-6-7-9-16/h15-16H,5-14,19H2,1-4H3. The first-order valence-corrected chi connectivity index (χ1v) is 9.05. The number of nitrogens with two attached hydrogens (primary N) is 1. The Morgan fingerprint density at radius 3 is 2.48 bits per heavy atom. The number of ether oxygens (including phenoxy) is 1. The summed E-state index contributed by atoms with van der Waals surface area (Å²) < 4.78 is 6.11. The van der Waals surface area contributed by atoms with E-state index in [4.69, 9.17) is 10.5 Å². The van der Waals surface area contributed by atoms with Crippen LogP contribution in [0.3, 0.4) is 0 Å². The van der Waals surface area contributed by atoms with E-state index < -0.39 is 0 Å². The highest BCUT2D eigenvalue weighted by atomic mass is 16.5. The van der Waals surface area contributed by atoms with Crippen molar-refractivity contribution in [3.63, 3.8) is 0 Å². The van der Waals surface area contributed by atoms with Gasteiger partial charge in [0.25, 0.3) is 0 Å². The van der Waals surface area contributed by atoms with E-state index in [2.05, 4.69) is 32.6 Å². The van der Waals surface area contributed by atoms with E-state index in [1.807, 2.05) is 0 Å². The second kappa shape index (κ2) is 6.97. The Morgan fingerprint density at radius 1 is 1.29 bits per heavy atom. The van der Waals surface area contributed by atoms with Crippen LogP contribution in [0.15, 0.2) is 0 Å². The topological polar surface area (TPSA) is 38.5 Å². The highest BCUT2D eigenvalue weighted by molar-refractivity contribution is 5.03. The summed E-state index contributed by atoms with van der Waals surface area (Å²) in [5, 5.41) is 0. The molecule has 0 bridgehead atoms. The Morgan fingerprint density at radius 2 is 1.95 bits per heavy atom. The molecule has 21 heavy (non-hydrogen) atoms. The average molecular weight is 296 g/mol. The van der Waals surface area contributed by atoms with Gasteiger partial charge in [-0.25, -0.2) is 0 Å². The van der Waals surface area contributed by atoms with Crippen molar-refractivity contribution in [2.24, 2.45) is 11.7 Å². The van der Waals surface area contributed by atoms with Crippen LogP contribution in [0, 0.1) is 5.92 Å². The van der Waals surface area contributed by atoms with Crippen LogP contribution >= 0.6 is 0 Å². The fourth-order valence-corrected chi connectivity index (χ4v) is 4.43. The van der Waals surface area contributed by atoms with E-state index in [9.17, 15) is 0 Å². The van der Waals surface area contributed by atoms with Gasteiger partial charge in [-0.1, -0.05) is 33.6 Å². The van der Waals surface area contributed by atoms with Gasteiger partial charge in [-0.05, 0) is 44.9 Å². The molecule has 1 aliphatic heterocycles. The lowest BCUT2D eigenvalue weighted by Gasteiger charge is -2.54. The summed E-state index contributed by atoms with van der Waals surface area (Å²) in [6.45, 7) is 12.0. The van der Waals surface area contributed by atoms with Gasteiger partial charge in [0.15, 0.2) is 0 Å². The minimum Gasteiger partial charge on any atom is -0.375 e. The molecule has 2 atom stereocenters. The first kappa shape index (κ1) is 17.2. The lowest BCUT2D eigenvalue weighted by atomic mass is 9.76. The molecule has 124 valence electrons. The number of hydrogen-bond acceptors (Lipinski definition) is 3. The van der Waals surface area contributed by atoms with E-state index in [0.29, 0.717) is 5.92 Å². The van der Waals surface area contributed by atoms with Crippen molar-refractivity contribution in [2.45, 2.75) is 89.8 Å². The zero-order valence-electron chi connectivity index (χ0n) is 14.7. The Kier molecular flexibility index (Phi) is 5.72. The molecule has 1 saturated carbocycles. The van der Waals surface area contributed by atoms with Gasteiger partial charge in [-0.2, -0.15) is 0 Å². The molecular weight excluding hydrogens is 260 g/mol. The van der Waals surface area contributed by atoms with E-state index in [-0.39, 0.29) is 11.1 Å². The molecule has 0 spiro atoms. The van der Waals surface area contributed by atoms with Gasteiger partial charge < -0.3 is 10.5 Å². The Balaban J connectivity index is 2.24. The third kappa shape index (κ3) is 3.80. The molecular formula is C18H36N2O. The highest BCUT2D eigenvalue weighted by Gasteiger charge is 2.47. The molecule has 0 amide bonds. The molecule has 0 aromatic carbocycles. The van der Waals surface area contributed by atoms with Gasteiger partial charge >= 0.3 is 0 Å². The number of rotatable bonds is 6. The van der Waals surface area contributed by atoms with Crippen LogP contribution in [0.4, 0.5) is 0 Å². The zero-order valence-corrected chi connectivity index (χ0v) is 14.7. The normalized spacial score (nSPS) is 35.0. The summed E-state index contributed by atoms with van der Waals surface area (Å²) in [5.74, 6) is 0.699. The molecule has 3 nitrogen and oxygen atoms in total. The minimum absolute atomic E-state index is 0.00541. The van der Waals surface area contributed by atoms with Crippen molar-refractivity contribution in [1.82, 2.24) is 4.90 Å². The fraction of sp³-hybridized carbons (Fsp3) is 1.00. The average Bonchev–Trinajstić information content (AvgIpc) is 2.98. The second-order valence-electron chi connectivity index (χ2n) is 7.99. The molecule has 0 aromatic heterocycles. The maximum atomic E-state index is 6.36. The molecule has 2 rings (SSSR count). The van der Waals surface area contributed by atoms with E-state index in [1.165, 1.54) is 32.2 Å². The van der Waals surface area contributed by atoms with Crippen LogP contribution < -0.4 is 5.73 Å². The molecule has 2 aliphatic rings. The Labute approximate surface area is 131 Å². The summed E-state index contributed by atoms with van der Waals surface area (Å²) >= 11 is 0. The molecule has 2 fully saturated rings. The van der Waals surface area contributed by atoms with E-state index >= 15 is 0 Å². The van der Waals surface area contributed by atoms with Gasteiger partial charge in [-0.3, -0.25) is 4.90 Å². The van der Waals surface area contributed by atoms with Crippen molar-refractivity contribution in [1.29, 1.82) is 0 Å². The van der Waals surface area contributed by atoms with Gasteiger partial charge in [0.2, 0.25) is 0 Å². The molecule has 2 N–H and O–H groups in total. The predicted molar refractivity (Wildman–Crippen MR) is 89.5 cm³/mol. The van der Waals surface area contributed by atoms with Crippen LogP contribution in [-0.4, -0.2) is 41.8 Å². The van der Waals surface area contributed by atoms with Crippen LogP contribution in [0.1, 0.15) is 72.6 Å². The summed E-state index contributed by atoms with van der Waals surface area (Å²) in [6.07, 6.45) is 8.77. The summed E-state index contributed by atoms with van der Waals surface area (Å²) in [4.78, 5) is 2.81. The van der Waals surface area contributed by atoms with Crippen molar-refractivity contribution in [2.75, 3.05) is 19.7 Å². The first-order valence-electron chi connectivity index (χ1n) is 9.05. The van der Waals surface area contributed by atoms with E-state index in [1.54, 1.807) is 0 Å². The monoisotopic (exact) mass is 296 g/mol. The first-order chi connectivity index (χ1) is 9.95. The molecule has 0 radical (unpaired) electrons. The van der Waals surface area contributed by atoms with Crippen molar-refractivity contribution >= 4 is 0 Å². The van der Waals surface area contributed by atoms with Crippen molar-refractivity contribution in [3.8, 4) is 0 Å². The summed E-state index contributed by atoms with van der Waals surface area (Å²) in [7, 11) is 0. The van der Waals surface area contributed by atoms with Gasteiger partial charge in [-0.15, -0.1) is 0 Å². The minimum atomic E-state index is 0.00541. The quantitative estimate of drug-likeness (QED) is 0.814. The second-order valence-corrected chi connectivity index (χ2v) is 7.99. The van der Waals surface area contributed by atoms with Crippen LogP contribution in [0.2, 0.25) is 0 Å². The largest absolute Gasteiger partial charge is 0.375 e. The molecule has 3 heteroatoms. The van der Waals surface area contributed by atoms with Crippen LogP contribution in [0.25, 0.3) is 0 Å². The third-order valence-corrected chi connectivity index (χ3v) is 5.79. The predicted octanol–water partition coefficient (Wildman–Crippen LogP) is 3.56. The Bertz CT molecular complexity index is 327. The maximum absolute atomic E-state index is 6.36. The summed E-state index contributed by atoms with van der Waals surface area (Å²) in [5.41, 5.74) is 6.52. The SMILES string of the molecule is CCC1(C)CC(CN)(N(CC(C)C)C2CCCC2)CCO1. The fourth-order valence-electron chi connectivity index (χ4n) is 4.43. The lowest BCUT2D eigenvalue weighted by Crippen LogP contribution is -2.63. The highest BCUT2D eigenvalue weighted by Crippen LogP contribution is 2.41. The van der Waals surface area contributed by atoms with Gasteiger partial charge in [0.1, 0.15) is 0 Å². The number of nitrogens with zero attached hydrogens (tertiary/aromatic N) is 1. The van der Waals surface area contributed by atoms with Crippen LogP contribution in [0.5, 0.6) is 0 Å². The lowest BCUT2D eigenvalue weighted by molar-refractivity contribution is -0.138. The van der Waals surface area contributed by atoms with Crippen molar-refractivity contribution in [3.05, 3.63) is 0 Å². The van der Waals surface area contributed by atoms with Gasteiger partial charge in [0, 0.05) is 31.3 Å². The third-order valence-electron chi connectivity index (χ3n) is 5.79. The summed E-state index contributed by atoms with van der Waals surface area (Å²) in [6, 6.07) is 0.746.